The van der Waals surface area contributed by atoms with Gasteiger partial charge >= 0.3 is 0 Å². The summed E-state index contributed by atoms with van der Waals surface area (Å²) in [5.74, 6) is -0.0512. The van der Waals surface area contributed by atoms with E-state index in [9.17, 15) is 4.79 Å². The van der Waals surface area contributed by atoms with Crippen molar-refractivity contribution in [3.8, 4) is 0 Å². The van der Waals surface area contributed by atoms with Crippen LogP contribution in [0, 0.1) is 12.8 Å². The average Bonchev–Trinajstić information content (AvgIpc) is 2.35. The summed E-state index contributed by atoms with van der Waals surface area (Å²) in [6.45, 7) is 1.90. The molecular weight excluding hydrogens is 248 g/mol. The van der Waals surface area contributed by atoms with E-state index in [1.807, 2.05) is 25.1 Å². The zero-order chi connectivity index (χ0) is 13.1. The van der Waals surface area contributed by atoms with Crippen molar-refractivity contribution in [2.45, 2.75) is 38.6 Å². The summed E-state index contributed by atoms with van der Waals surface area (Å²) >= 11 is 6.04. The van der Waals surface area contributed by atoms with E-state index in [4.69, 9.17) is 17.3 Å². The predicted octanol–water partition coefficient (Wildman–Crippen LogP) is 3.10. The van der Waals surface area contributed by atoms with E-state index in [0.717, 1.165) is 36.9 Å². The third-order valence-corrected chi connectivity index (χ3v) is 4.09. The third kappa shape index (κ3) is 2.85. The molecule has 0 aromatic heterocycles. The minimum absolute atomic E-state index is 0.0155. The zero-order valence-electron chi connectivity index (χ0n) is 10.6. The number of amides is 1. The largest absolute Gasteiger partial charge is 0.327 e. The van der Waals surface area contributed by atoms with E-state index in [1.165, 1.54) is 0 Å². The van der Waals surface area contributed by atoms with E-state index < -0.39 is 0 Å². The molecule has 0 saturated heterocycles. The van der Waals surface area contributed by atoms with Gasteiger partial charge in [-0.25, -0.2) is 0 Å². The standard InChI is InChI=1S/C14H19ClN2O/c1-9-11(15)6-4-8-13(9)17-14(18)10-5-2-3-7-12(10)16/h4,6,8,10,12H,2-3,5,7,16H2,1H3,(H,17,18). The number of hydrogen-bond acceptors (Lipinski definition) is 2. The van der Waals surface area contributed by atoms with Crippen molar-refractivity contribution in [1.82, 2.24) is 0 Å². The molecule has 1 aromatic carbocycles. The number of carbonyl (C=O) groups excluding carboxylic acids is 1. The lowest BCUT2D eigenvalue weighted by Gasteiger charge is -2.27. The molecular formula is C14H19ClN2O. The van der Waals surface area contributed by atoms with Crippen molar-refractivity contribution >= 4 is 23.2 Å². The van der Waals surface area contributed by atoms with Gasteiger partial charge in [0.1, 0.15) is 0 Å². The Labute approximate surface area is 113 Å². The van der Waals surface area contributed by atoms with Gasteiger partial charge in [-0.05, 0) is 37.5 Å². The molecule has 0 aliphatic heterocycles. The first-order valence-electron chi connectivity index (χ1n) is 6.41. The van der Waals surface area contributed by atoms with Gasteiger partial charge in [-0.3, -0.25) is 4.79 Å². The number of benzene rings is 1. The van der Waals surface area contributed by atoms with Crippen LogP contribution < -0.4 is 11.1 Å². The van der Waals surface area contributed by atoms with Crippen LogP contribution >= 0.6 is 11.6 Å². The van der Waals surface area contributed by atoms with Crippen LogP contribution in [0.25, 0.3) is 0 Å². The molecule has 1 saturated carbocycles. The van der Waals surface area contributed by atoms with Gasteiger partial charge in [-0.2, -0.15) is 0 Å². The summed E-state index contributed by atoms with van der Waals surface area (Å²) in [5.41, 5.74) is 7.70. The Morgan fingerprint density at radius 1 is 1.39 bits per heavy atom. The highest BCUT2D eigenvalue weighted by atomic mass is 35.5. The Hall–Kier alpha value is -1.06. The molecule has 98 valence electrons. The second-order valence-corrected chi connectivity index (χ2v) is 5.36. The monoisotopic (exact) mass is 266 g/mol. The molecule has 1 aliphatic carbocycles. The molecule has 1 amide bonds. The fraction of sp³-hybridized carbons (Fsp3) is 0.500. The highest BCUT2D eigenvalue weighted by Crippen LogP contribution is 2.27. The molecule has 3 N–H and O–H groups in total. The van der Waals surface area contributed by atoms with Crippen LogP contribution in [0.15, 0.2) is 18.2 Å². The lowest BCUT2D eigenvalue weighted by molar-refractivity contribution is -0.121. The van der Waals surface area contributed by atoms with Crippen LogP contribution in [-0.2, 0) is 4.79 Å². The van der Waals surface area contributed by atoms with Crippen molar-refractivity contribution in [3.63, 3.8) is 0 Å². The number of hydrogen-bond donors (Lipinski definition) is 2. The van der Waals surface area contributed by atoms with Gasteiger partial charge in [0.25, 0.3) is 0 Å². The minimum atomic E-state index is -0.0721. The number of halogens is 1. The summed E-state index contributed by atoms with van der Waals surface area (Å²) in [4.78, 5) is 12.2. The van der Waals surface area contributed by atoms with Crippen molar-refractivity contribution in [2.75, 3.05) is 5.32 Å². The minimum Gasteiger partial charge on any atom is -0.327 e. The Bertz CT molecular complexity index is 447. The second-order valence-electron chi connectivity index (χ2n) is 4.96. The first kappa shape index (κ1) is 13.4. The van der Waals surface area contributed by atoms with Crippen LogP contribution in [0.5, 0.6) is 0 Å². The molecule has 18 heavy (non-hydrogen) atoms. The second kappa shape index (κ2) is 5.72. The molecule has 1 fully saturated rings. The van der Waals surface area contributed by atoms with E-state index in [-0.39, 0.29) is 17.9 Å². The van der Waals surface area contributed by atoms with Gasteiger partial charge in [-0.15, -0.1) is 0 Å². The van der Waals surface area contributed by atoms with Crippen LogP contribution in [0.3, 0.4) is 0 Å². The van der Waals surface area contributed by atoms with Gasteiger partial charge in [0, 0.05) is 16.8 Å². The van der Waals surface area contributed by atoms with Gasteiger partial charge < -0.3 is 11.1 Å². The summed E-state index contributed by atoms with van der Waals surface area (Å²) in [7, 11) is 0. The Morgan fingerprint density at radius 3 is 2.83 bits per heavy atom. The molecule has 1 aromatic rings. The maximum absolute atomic E-state index is 12.2. The Kier molecular flexibility index (Phi) is 4.25. The number of nitrogens with two attached hydrogens (primary N) is 1. The van der Waals surface area contributed by atoms with Gasteiger partial charge in [0.15, 0.2) is 0 Å². The van der Waals surface area contributed by atoms with Crippen LogP contribution in [-0.4, -0.2) is 11.9 Å². The molecule has 1 aliphatic rings. The van der Waals surface area contributed by atoms with Crippen LogP contribution in [0.1, 0.15) is 31.2 Å². The smallest absolute Gasteiger partial charge is 0.229 e. The molecule has 0 radical (unpaired) electrons. The van der Waals surface area contributed by atoms with E-state index in [2.05, 4.69) is 5.32 Å². The Balaban J connectivity index is 2.09. The van der Waals surface area contributed by atoms with Gasteiger partial charge in [-0.1, -0.05) is 30.5 Å². The lowest BCUT2D eigenvalue weighted by atomic mass is 9.84. The molecule has 2 atom stereocenters. The highest BCUT2D eigenvalue weighted by Gasteiger charge is 2.28. The number of anilines is 1. The fourth-order valence-corrected chi connectivity index (χ4v) is 2.63. The molecule has 0 bridgehead atoms. The summed E-state index contributed by atoms with van der Waals surface area (Å²) in [6.07, 6.45) is 4.03. The summed E-state index contributed by atoms with van der Waals surface area (Å²) in [6, 6.07) is 5.51. The lowest BCUT2D eigenvalue weighted by Crippen LogP contribution is -2.40. The SMILES string of the molecule is Cc1c(Cl)cccc1NC(=O)C1CCCCC1N. The molecule has 2 rings (SSSR count). The average molecular weight is 267 g/mol. The number of carbonyl (C=O) groups is 1. The maximum Gasteiger partial charge on any atom is 0.229 e. The molecule has 0 spiro atoms. The highest BCUT2D eigenvalue weighted by molar-refractivity contribution is 6.31. The van der Waals surface area contributed by atoms with Crippen LogP contribution in [0.4, 0.5) is 5.69 Å². The van der Waals surface area contributed by atoms with E-state index >= 15 is 0 Å². The topological polar surface area (TPSA) is 55.1 Å². The first-order valence-corrected chi connectivity index (χ1v) is 6.79. The fourth-order valence-electron chi connectivity index (χ4n) is 2.45. The summed E-state index contributed by atoms with van der Waals surface area (Å²) < 4.78 is 0. The number of nitrogens with one attached hydrogen (secondary N) is 1. The van der Waals surface area contributed by atoms with E-state index in [0.29, 0.717) is 5.02 Å². The Morgan fingerprint density at radius 2 is 2.11 bits per heavy atom. The van der Waals surface area contributed by atoms with Crippen molar-refractivity contribution in [2.24, 2.45) is 11.7 Å². The maximum atomic E-state index is 12.2. The third-order valence-electron chi connectivity index (χ3n) is 3.68. The van der Waals surface area contributed by atoms with Gasteiger partial charge in [0.05, 0.1) is 5.92 Å². The van der Waals surface area contributed by atoms with Crippen LogP contribution in [0.2, 0.25) is 5.02 Å². The van der Waals surface area contributed by atoms with E-state index in [1.54, 1.807) is 0 Å². The van der Waals surface area contributed by atoms with Crippen molar-refractivity contribution < 1.29 is 4.79 Å². The normalized spacial score (nSPS) is 23.7. The predicted molar refractivity (Wildman–Crippen MR) is 74.8 cm³/mol. The molecule has 4 heteroatoms. The summed E-state index contributed by atoms with van der Waals surface area (Å²) in [5, 5.41) is 3.62. The van der Waals surface area contributed by atoms with Gasteiger partial charge in [0.2, 0.25) is 5.91 Å². The molecule has 2 unspecified atom stereocenters. The molecule has 3 nitrogen and oxygen atoms in total. The first-order chi connectivity index (χ1) is 8.59. The zero-order valence-corrected chi connectivity index (χ0v) is 11.3. The van der Waals surface area contributed by atoms with Crippen molar-refractivity contribution in [1.29, 1.82) is 0 Å². The number of rotatable bonds is 2. The molecule has 0 heterocycles. The quantitative estimate of drug-likeness (QED) is 0.864. The van der Waals surface area contributed by atoms with Crippen molar-refractivity contribution in [3.05, 3.63) is 28.8 Å².